The maximum atomic E-state index is 9.96. The summed E-state index contributed by atoms with van der Waals surface area (Å²) in [5.41, 5.74) is 0. The molecule has 1 N–H and O–H groups in total. The number of benzene rings is 1. The van der Waals surface area contributed by atoms with E-state index in [1.807, 2.05) is 0 Å². The topological polar surface area (TPSA) is 75.6 Å². The van der Waals surface area contributed by atoms with Gasteiger partial charge in [0.15, 0.2) is 5.75 Å². The van der Waals surface area contributed by atoms with Gasteiger partial charge in [-0.1, -0.05) is 12.1 Å². The first-order valence-corrected chi connectivity index (χ1v) is 2.96. The van der Waals surface area contributed by atoms with Gasteiger partial charge in [0.25, 0.3) is 0 Å². The molecule has 0 aliphatic carbocycles. The van der Waals surface area contributed by atoms with Crippen LogP contribution in [0.3, 0.4) is 0 Å². The minimum Gasteiger partial charge on any atom is -0.860 e. The average Bonchev–Trinajstić information content (AvgIpc) is 1.93. The normalized spacial score (nSPS) is 7.85. The van der Waals surface area contributed by atoms with Gasteiger partial charge in [-0.05, 0) is 12.1 Å². The van der Waals surface area contributed by atoms with Crippen LogP contribution >= 0.6 is 0 Å². The third kappa shape index (κ3) is 5.33. The van der Waals surface area contributed by atoms with Gasteiger partial charge >= 0.3 is 37.7 Å². The number of para-hydroxylation sites is 2. The first-order valence-electron chi connectivity index (χ1n) is 2.96. The molecule has 1 aromatic rings. The summed E-state index contributed by atoms with van der Waals surface area (Å²) < 4.78 is 4.18. The Morgan fingerprint density at radius 2 is 1.69 bits per heavy atom. The molecule has 0 saturated heterocycles. The van der Waals surface area contributed by atoms with Crippen molar-refractivity contribution in [3.63, 3.8) is 0 Å². The van der Waals surface area contributed by atoms with Gasteiger partial charge in [0, 0.05) is 0 Å². The van der Waals surface area contributed by atoms with E-state index in [4.69, 9.17) is 5.11 Å². The molecular weight excluding hydrogens is 161 g/mol. The molecule has 0 saturated carbocycles. The Hall–Kier alpha value is -0.000260. The molecule has 1 rings (SSSR count). The van der Waals surface area contributed by atoms with Crippen LogP contribution in [-0.4, -0.2) is 12.4 Å². The van der Waals surface area contributed by atoms with E-state index in [1.165, 1.54) is 12.1 Å². The van der Waals surface area contributed by atoms with Crippen LogP contribution in [0.5, 0.6) is 11.5 Å². The zero-order chi connectivity index (χ0) is 8.27. The number of phenols is 1. The van der Waals surface area contributed by atoms with Crippen LogP contribution in [0.4, 0.5) is 0 Å². The number of hydrogen-bond donors (Lipinski definition) is 1. The molecule has 0 radical (unpaired) electrons. The second-order valence-corrected chi connectivity index (χ2v) is 1.87. The van der Waals surface area contributed by atoms with Gasteiger partial charge in [0.2, 0.25) is 0 Å². The van der Waals surface area contributed by atoms with Crippen LogP contribution in [0.15, 0.2) is 24.3 Å². The van der Waals surface area contributed by atoms with Gasteiger partial charge in [-0.3, -0.25) is 0 Å². The number of phenolic OH excluding ortho intramolecular Hbond substituents is 1. The molecule has 0 aliphatic rings. The second kappa shape index (κ2) is 7.41. The molecule has 0 fully saturated rings. The van der Waals surface area contributed by atoms with E-state index >= 15 is 0 Å². The van der Waals surface area contributed by atoms with E-state index in [9.17, 15) is 10.0 Å². The second-order valence-electron chi connectivity index (χ2n) is 1.87. The first-order chi connectivity index (χ1) is 5.20. The van der Waals surface area contributed by atoms with Crippen molar-refractivity contribution in [2.75, 3.05) is 0 Å². The van der Waals surface area contributed by atoms with Crippen LogP contribution in [0, 0.1) is 0 Å². The summed E-state index contributed by atoms with van der Waals surface area (Å²) in [6.45, 7) is 0. The van der Waals surface area contributed by atoms with E-state index < -0.39 is 7.32 Å². The van der Waals surface area contributed by atoms with Gasteiger partial charge in [0.05, 0.1) is 0 Å². The molecule has 0 heterocycles. The molecule has 4 nitrogen and oxygen atoms in total. The Morgan fingerprint density at radius 1 is 1.15 bits per heavy atom. The van der Waals surface area contributed by atoms with E-state index in [1.54, 1.807) is 12.1 Å². The molecule has 0 aromatic heterocycles. The standard InChI is InChI=1S/C6H5BO4.2Li/c8-5-3-1-2-4-6(5)11-7(9)10;;/h1-4,8H;;/q-2;2*+1. The molecule has 7 heteroatoms. The van der Waals surface area contributed by atoms with E-state index in [2.05, 4.69) is 4.65 Å². The fraction of sp³-hybridized carbons (Fsp3) is 0. The van der Waals surface area contributed by atoms with Crippen molar-refractivity contribution >= 4 is 7.32 Å². The van der Waals surface area contributed by atoms with E-state index in [0.29, 0.717) is 0 Å². The summed E-state index contributed by atoms with van der Waals surface area (Å²) in [5, 5.41) is 28.9. The Morgan fingerprint density at radius 3 is 2.15 bits per heavy atom. The van der Waals surface area contributed by atoms with Crippen LogP contribution in [0.1, 0.15) is 0 Å². The largest absolute Gasteiger partial charge is 1.00 e. The van der Waals surface area contributed by atoms with E-state index in [-0.39, 0.29) is 49.2 Å². The summed E-state index contributed by atoms with van der Waals surface area (Å²) in [4.78, 5) is 0. The average molecular weight is 166 g/mol. The third-order valence-corrected chi connectivity index (χ3v) is 1.09. The molecule has 58 valence electrons. The van der Waals surface area contributed by atoms with Crippen molar-refractivity contribution in [3.8, 4) is 11.5 Å². The van der Waals surface area contributed by atoms with Gasteiger partial charge in [-0.25, -0.2) is 0 Å². The van der Waals surface area contributed by atoms with Crippen LogP contribution in [0.25, 0.3) is 0 Å². The molecule has 13 heavy (non-hydrogen) atoms. The van der Waals surface area contributed by atoms with Crippen LogP contribution in [0.2, 0.25) is 0 Å². The Balaban J connectivity index is 0. The summed E-state index contributed by atoms with van der Waals surface area (Å²) in [5.74, 6) is -0.285. The quantitative estimate of drug-likeness (QED) is 0.442. The minimum atomic E-state index is -2.40. The fourth-order valence-corrected chi connectivity index (χ4v) is 0.660. The monoisotopic (exact) mass is 166 g/mol. The van der Waals surface area contributed by atoms with Crippen molar-refractivity contribution < 1.29 is 57.5 Å². The molecule has 0 amide bonds. The van der Waals surface area contributed by atoms with Crippen LogP contribution in [-0.2, 0) is 0 Å². The SMILES string of the molecule is [Li+].[Li+].[O-]B([O-])Oc1ccccc1O. The molecule has 0 aliphatic heterocycles. The van der Waals surface area contributed by atoms with Gasteiger partial charge < -0.3 is 19.8 Å². The Bertz CT molecular complexity index is 246. The number of rotatable bonds is 2. The van der Waals surface area contributed by atoms with E-state index in [0.717, 1.165) is 0 Å². The van der Waals surface area contributed by atoms with Gasteiger partial charge in [-0.15, -0.1) is 0 Å². The minimum absolute atomic E-state index is 0. The number of aromatic hydroxyl groups is 1. The van der Waals surface area contributed by atoms with Crippen LogP contribution < -0.4 is 52.4 Å². The summed E-state index contributed by atoms with van der Waals surface area (Å²) >= 11 is 0. The van der Waals surface area contributed by atoms with Crippen molar-refractivity contribution in [2.45, 2.75) is 0 Å². The van der Waals surface area contributed by atoms with Crippen molar-refractivity contribution in [3.05, 3.63) is 24.3 Å². The summed E-state index contributed by atoms with van der Waals surface area (Å²) in [7, 11) is -2.40. The molecule has 1 aromatic carbocycles. The first kappa shape index (κ1) is 15.5. The Kier molecular flexibility index (Phi) is 8.82. The zero-order valence-electron chi connectivity index (χ0n) is 7.56. The van der Waals surface area contributed by atoms with Gasteiger partial charge in [-0.2, -0.15) is 0 Å². The predicted octanol–water partition coefficient (Wildman–Crippen LogP) is -7.52. The van der Waals surface area contributed by atoms with Crippen molar-refractivity contribution in [1.29, 1.82) is 0 Å². The fourth-order valence-electron chi connectivity index (χ4n) is 0.660. The zero-order valence-corrected chi connectivity index (χ0v) is 7.56. The molecule has 0 spiro atoms. The third-order valence-electron chi connectivity index (χ3n) is 1.09. The molecule has 0 unspecified atom stereocenters. The molecular formula is C6H5BLi2O4. The predicted molar refractivity (Wildman–Crippen MR) is 34.5 cm³/mol. The smallest absolute Gasteiger partial charge is 0.860 e. The maximum Gasteiger partial charge on any atom is 1.00 e. The van der Waals surface area contributed by atoms with Crippen molar-refractivity contribution in [1.82, 2.24) is 0 Å². The summed E-state index contributed by atoms with van der Waals surface area (Å²) in [6.07, 6.45) is 0. The number of hydrogen-bond acceptors (Lipinski definition) is 4. The Labute approximate surface area is 100 Å². The van der Waals surface area contributed by atoms with Crippen molar-refractivity contribution in [2.24, 2.45) is 0 Å². The van der Waals surface area contributed by atoms with Gasteiger partial charge in [0.1, 0.15) is 13.1 Å². The summed E-state index contributed by atoms with van der Waals surface area (Å²) in [6, 6.07) is 5.79. The maximum absolute atomic E-state index is 9.96. The molecule has 0 atom stereocenters. The molecule has 0 bridgehead atoms.